The van der Waals surface area contributed by atoms with Crippen molar-refractivity contribution >= 4 is 44.9 Å². The third-order valence-corrected chi connectivity index (χ3v) is 2.92. The minimum atomic E-state index is -0.240. The summed E-state index contributed by atoms with van der Waals surface area (Å²) in [7, 11) is 0. The lowest BCUT2D eigenvalue weighted by molar-refractivity contribution is -0.114. The fourth-order valence-electron chi connectivity index (χ4n) is 1.40. The van der Waals surface area contributed by atoms with E-state index in [-0.39, 0.29) is 17.0 Å². The summed E-state index contributed by atoms with van der Waals surface area (Å²) in [5.41, 5.74) is 0.791. The molecule has 0 unspecified atom stereocenters. The van der Waals surface area contributed by atoms with Crippen LogP contribution in [0.5, 0.6) is 5.75 Å². The number of carbonyl (C=O) groups excluding carboxylic acids is 2. The molecule has 4 nitrogen and oxygen atoms in total. The Kier molecular flexibility index (Phi) is 5.62. The molecule has 1 aromatic carbocycles. The van der Waals surface area contributed by atoms with E-state index in [0.29, 0.717) is 28.6 Å². The van der Waals surface area contributed by atoms with Crippen molar-refractivity contribution in [2.24, 2.45) is 0 Å². The van der Waals surface area contributed by atoms with Crippen molar-refractivity contribution in [2.75, 3.05) is 17.3 Å². The predicted molar refractivity (Wildman–Crippen MR) is 75.0 cm³/mol. The number of ether oxygens (including phenoxy) is 1. The van der Waals surface area contributed by atoms with Gasteiger partial charge in [0.15, 0.2) is 5.78 Å². The van der Waals surface area contributed by atoms with Gasteiger partial charge in [0.1, 0.15) is 5.75 Å². The van der Waals surface area contributed by atoms with Crippen molar-refractivity contribution in [1.82, 2.24) is 0 Å². The van der Waals surface area contributed by atoms with Crippen LogP contribution in [0.4, 0.5) is 5.69 Å². The zero-order valence-corrected chi connectivity index (χ0v) is 12.4. The van der Waals surface area contributed by atoms with Crippen LogP contribution in [0.15, 0.2) is 12.1 Å². The summed E-state index contributed by atoms with van der Waals surface area (Å²) >= 11 is 9.10. The molecule has 0 atom stereocenters. The Morgan fingerprint density at radius 3 is 2.61 bits per heavy atom. The summed E-state index contributed by atoms with van der Waals surface area (Å²) in [6, 6.07) is 3.06. The molecule has 0 aliphatic heterocycles. The van der Waals surface area contributed by atoms with E-state index in [1.807, 2.05) is 6.92 Å². The molecule has 1 aromatic rings. The lowest BCUT2D eigenvalue weighted by atomic mass is 10.1. The second-order valence-corrected chi connectivity index (χ2v) is 4.47. The molecule has 0 aliphatic rings. The van der Waals surface area contributed by atoms with E-state index in [4.69, 9.17) is 16.3 Å². The van der Waals surface area contributed by atoms with Crippen LogP contribution in [0.2, 0.25) is 5.02 Å². The first-order chi connectivity index (χ1) is 8.49. The van der Waals surface area contributed by atoms with Crippen LogP contribution >= 0.6 is 27.5 Å². The lowest BCUT2D eigenvalue weighted by Crippen LogP contribution is -2.10. The number of hydrogen-bond donors (Lipinski definition) is 1. The van der Waals surface area contributed by atoms with Crippen molar-refractivity contribution in [3.63, 3.8) is 0 Å². The Hall–Kier alpha value is -1.07. The van der Waals surface area contributed by atoms with Gasteiger partial charge in [-0.15, -0.1) is 0 Å². The highest BCUT2D eigenvalue weighted by molar-refractivity contribution is 9.09. The first-order valence-electron chi connectivity index (χ1n) is 5.32. The molecular weight excluding hydrogens is 321 g/mol. The molecular formula is C12H13BrClNO3. The SMILES string of the molecule is CCOc1cc(Cl)c(C(=O)CBr)cc1NC(C)=O. The lowest BCUT2D eigenvalue weighted by Gasteiger charge is -2.13. The number of rotatable bonds is 5. The van der Waals surface area contributed by atoms with Crippen LogP contribution in [-0.4, -0.2) is 23.6 Å². The van der Waals surface area contributed by atoms with E-state index in [9.17, 15) is 9.59 Å². The van der Waals surface area contributed by atoms with Gasteiger partial charge < -0.3 is 10.1 Å². The van der Waals surface area contributed by atoms with Gasteiger partial charge in [-0.1, -0.05) is 27.5 Å². The van der Waals surface area contributed by atoms with E-state index >= 15 is 0 Å². The molecule has 0 bridgehead atoms. The van der Waals surface area contributed by atoms with Gasteiger partial charge in [-0.2, -0.15) is 0 Å². The summed E-state index contributed by atoms with van der Waals surface area (Å²) in [5.74, 6) is 0.0500. The second-order valence-electron chi connectivity index (χ2n) is 3.50. The summed E-state index contributed by atoms with van der Waals surface area (Å²) in [6.45, 7) is 3.65. The fraction of sp³-hybridized carbons (Fsp3) is 0.333. The van der Waals surface area contributed by atoms with Crippen molar-refractivity contribution < 1.29 is 14.3 Å². The molecule has 98 valence electrons. The molecule has 1 rings (SSSR count). The standard InChI is InChI=1S/C12H13BrClNO3/c1-3-18-12-5-9(14)8(11(17)6-13)4-10(12)15-7(2)16/h4-5H,3,6H2,1-2H3,(H,15,16). The fourth-order valence-corrected chi connectivity index (χ4v) is 1.96. The third kappa shape index (κ3) is 3.71. The highest BCUT2D eigenvalue weighted by atomic mass is 79.9. The van der Waals surface area contributed by atoms with Crippen LogP contribution in [0.1, 0.15) is 24.2 Å². The third-order valence-electron chi connectivity index (χ3n) is 2.10. The Balaban J connectivity index is 3.25. The molecule has 1 amide bonds. The van der Waals surface area contributed by atoms with Crippen molar-refractivity contribution in [3.8, 4) is 5.75 Å². The maximum atomic E-state index is 11.7. The second kappa shape index (κ2) is 6.75. The molecule has 0 heterocycles. The highest BCUT2D eigenvalue weighted by Crippen LogP contribution is 2.32. The number of benzene rings is 1. The molecule has 6 heteroatoms. The van der Waals surface area contributed by atoms with E-state index < -0.39 is 0 Å². The molecule has 0 aromatic heterocycles. The van der Waals surface area contributed by atoms with Gasteiger partial charge in [0.25, 0.3) is 0 Å². The van der Waals surface area contributed by atoms with Crippen molar-refractivity contribution in [1.29, 1.82) is 0 Å². The van der Waals surface area contributed by atoms with Gasteiger partial charge in [0, 0.05) is 18.6 Å². The molecule has 0 aliphatic carbocycles. The zero-order valence-electron chi connectivity index (χ0n) is 10.0. The summed E-state index contributed by atoms with van der Waals surface area (Å²) < 4.78 is 5.36. The summed E-state index contributed by atoms with van der Waals surface area (Å²) in [4.78, 5) is 22.8. The number of Topliss-reactive ketones (excluding diaryl/α,β-unsaturated/α-hetero) is 1. The highest BCUT2D eigenvalue weighted by Gasteiger charge is 2.15. The molecule has 1 N–H and O–H groups in total. The van der Waals surface area contributed by atoms with Crippen molar-refractivity contribution in [2.45, 2.75) is 13.8 Å². The van der Waals surface area contributed by atoms with E-state index in [1.165, 1.54) is 19.1 Å². The van der Waals surface area contributed by atoms with Crippen LogP contribution in [0.25, 0.3) is 0 Å². The number of anilines is 1. The quantitative estimate of drug-likeness (QED) is 0.664. The van der Waals surface area contributed by atoms with Crippen LogP contribution < -0.4 is 10.1 Å². The molecule has 0 radical (unpaired) electrons. The van der Waals surface area contributed by atoms with Gasteiger partial charge in [-0.05, 0) is 13.0 Å². The van der Waals surface area contributed by atoms with Gasteiger partial charge in [0.2, 0.25) is 5.91 Å². The smallest absolute Gasteiger partial charge is 0.221 e. The number of ketones is 1. The number of halogens is 2. The van der Waals surface area contributed by atoms with Gasteiger partial charge in [-0.25, -0.2) is 0 Å². The summed E-state index contributed by atoms with van der Waals surface area (Å²) in [6.07, 6.45) is 0. The topological polar surface area (TPSA) is 55.4 Å². The number of nitrogens with one attached hydrogen (secondary N) is 1. The number of alkyl halides is 1. The van der Waals surface area contributed by atoms with E-state index in [2.05, 4.69) is 21.2 Å². The molecule has 0 spiro atoms. The minimum Gasteiger partial charge on any atom is -0.492 e. The maximum Gasteiger partial charge on any atom is 0.221 e. The first kappa shape index (κ1) is 15.0. The molecule has 18 heavy (non-hydrogen) atoms. The number of hydrogen-bond acceptors (Lipinski definition) is 3. The Labute approximate surface area is 119 Å². The average molecular weight is 335 g/mol. The zero-order chi connectivity index (χ0) is 13.7. The van der Waals surface area contributed by atoms with Crippen LogP contribution in [0.3, 0.4) is 0 Å². The maximum absolute atomic E-state index is 11.7. The van der Waals surface area contributed by atoms with Gasteiger partial charge in [0.05, 0.1) is 22.6 Å². The number of carbonyl (C=O) groups is 2. The minimum absolute atomic E-state index is 0.158. The Bertz CT molecular complexity index is 477. The van der Waals surface area contributed by atoms with Crippen molar-refractivity contribution in [3.05, 3.63) is 22.7 Å². The first-order valence-corrected chi connectivity index (χ1v) is 6.82. The molecule has 0 saturated heterocycles. The normalized spacial score (nSPS) is 10.0. The Morgan fingerprint density at radius 2 is 2.11 bits per heavy atom. The van der Waals surface area contributed by atoms with E-state index in [1.54, 1.807) is 0 Å². The monoisotopic (exact) mass is 333 g/mol. The molecule has 0 fully saturated rings. The Morgan fingerprint density at radius 1 is 1.44 bits per heavy atom. The van der Waals surface area contributed by atoms with Crippen LogP contribution in [0, 0.1) is 0 Å². The average Bonchev–Trinajstić information content (AvgIpc) is 2.31. The van der Waals surface area contributed by atoms with Gasteiger partial charge >= 0.3 is 0 Å². The van der Waals surface area contributed by atoms with Crippen LogP contribution in [-0.2, 0) is 4.79 Å². The molecule has 0 saturated carbocycles. The summed E-state index contributed by atoms with van der Waals surface area (Å²) in [5, 5.41) is 3.08. The largest absolute Gasteiger partial charge is 0.492 e. The van der Waals surface area contributed by atoms with Gasteiger partial charge in [-0.3, -0.25) is 9.59 Å². The van der Waals surface area contributed by atoms with E-state index in [0.717, 1.165) is 0 Å². The number of amides is 1. The predicted octanol–water partition coefficient (Wildman–Crippen LogP) is 3.27.